The van der Waals surface area contributed by atoms with E-state index in [4.69, 9.17) is 14.2 Å². The van der Waals surface area contributed by atoms with E-state index in [0.717, 1.165) is 0 Å². The summed E-state index contributed by atoms with van der Waals surface area (Å²) in [5, 5.41) is 10.8. The van der Waals surface area contributed by atoms with Crippen LogP contribution in [-0.2, 0) is 0 Å². The van der Waals surface area contributed by atoms with Crippen molar-refractivity contribution in [3.63, 3.8) is 0 Å². The van der Waals surface area contributed by atoms with E-state index in [1.807, 2.05) is 0 Å². The number of para-hydroxylation sites is 1. The first-order valence-electron chi connectivity index (χ1n) is 9.14. The number of hydrogen-bond donors (Lipinski definition) is 0. The van der Waals surface area contributed by atoms with Crippen molar-refractivity contribution in [3.8, 4) is 17.2 Å². The Morgan fingerprint density at radius 2 is 1.81 bits per heavy atom. The van der Waals surface area contributed by atoms with Crippen LogP contribution in [0.1, 0.15) is 26.3 Å². The molecule has 8 heteroatoms. The van der Waals surface area contributed by atoms with Gasteiger partial charge in [-0.15, -0.1) is 0 Å². The molecule has 0 aliphatic carbocycles. The Morgan fingerprint density at radius 1 is 1.06 bits per heavy atom. The lowest BCUT2D eigenvalue weighted by atomic mass is 10.1. The maximum Gasteiger partial charge on any atom is 0.343 e. The number of ketones is 1. The summed E-state index contributed by atoms with van der Waals surface area (Å²) in [4.78, 5) is 35.3. The normalized spacial score (nSPS) is 13.5. The zero-order chi connectivity index (χ0) is 22.0. The molecule has 0 saturated carbocycles. The topological polar surface area (TPSA) is 105 Å². The molecule has 1 aliphatic rings. The fourth-order valence-corrected chi connectivity index (χ4v) is 3.01. The quantitative estimate of drug-likeness (QED) is 0.199. The van der Waals surface area contributed by atoms with E-state index in [2.05, 4.69) is 0 Å². The second-order valence-corrected chi connectivity index (χ2v) is 6.53. The van der Waals surface area contributed by atoms with E-state index in [-0.39, 0.29) is 28.5 Å². The molecule has 3 aromatic rings. The second kappa shape index (κ2) is 8.11. The van der Waals surface area contributed by atoms with Gasteiger partial charge in [0.05, 0.1) is 23.2 Å². The fraction of sp³-hybridized carbons (Fsp3) is 0.0435. The summed E-state index contributed by atoms with van der Waals surface area (Å²) in [7, 11) is 1.52. The lowest BCUT2D eigenvalue weighted by molar-refractivity contribution is -0.384. The van der Waals surface area contributed by atoms with Crippen molar-refractivity contribution in [2.75, 3.05) is 7.11 Å². The number of carbonyl (C=O) groups excluding carboxylic acids is 2. The van der Waals surface area contributed by atoms with Crippen LogP contribution in [0.4, 0.5) is 5.69 Å². The standard InChI is InChI=1S/C23H15NO7/c1-29-17-10-11-18-20(13-17)30-21(22(18)25)12-15-4-2-3-5-19(15)31-23(26)14-6-8-16(9-7-14)24(27)28/h2-13H,1H3/b21-12-. The summed E-state index contributed by atoms with van der Waals surface area (Å²) in [6.07, 6.45) is 1.49. The monoisotopic (exact) mass is 417 g/mol. The van der Waals surface area contributed by atoms with E-state index in [1.165, 1.54) is 37.5 Å². The number of nitro benzene ring substituents is 1. The fourth-order valence-electron chi connectivity index (χ4n) is 3.01. The Morgan fingerprint density at radius 3 is 2.52 bits per heavy atom. The molecule has 3 aromatic carbocycles. The van der Waals surface area contributed by atoms with Gasteiger partial charge in [-0.25, -0.2) is 4.79 Å². The van der Waals surface area contributed by atoms with Crippen LogP contribution in [0, 0.1) is 10.1 Å². The van der Waals surface area contributed by atoms with E-state index in [1.54, 1.807) is 42.5 Å². The molecule has 0 saturated heterocycles. The number of nitro groups is 1. The van der Waals surface area contributed by atoms with E-state index >= 15 is 0 Å². The Labute approximate surface area is 176 Å². The summed E-state index contributed by atoms with van der Waals surface area (Å²) in [5.41, 5.74) is 0.892. The average molecular weight is 417 g/mol. The van der Waals surface area contributed by atoms with Crippen LogP contribution in [0.2, 0.25) is 0 Å². The molecule has 4 rings (SSSR count). The molecule has 0 fully saturated rings. The van der Waals surface area contributed by atoms with Crippen LogP contribution in [0.25, 0.3) is 6.08 Å². The van der Waals surface area contributed by atoms with Crippen LogP contribution in [0.5, 0.6) is 17.2 Å². The van der Waals surface area contributed by atoms with Crippen molar-refractivity contribution in [3.05, 3.63) is 99.3 Å². The van der Waals surface area contributed by atoms with Crippen molar-refractivity contribution in [2.24, 2.45) is 0 Å². The van der Waals surface area contributed by atoms with Crippen LogP contribution in [0.15, 0.2) is 72.5 Å². The SMILES string of the molecule is COc1ccc2c(c1)O/C(=C\c1ccccc1OC(=O)c1ccc([N+](=O)[O-])cc1)C2=O. The Bertz CT molecular complexity index is 1230. The third kappa shape index (κ3) is 3.99. The van der Waals surface area contributed by atoms with Gasteiger partial charge in [-0.05, 0) is 36.4 Å². The van der Waals surface area contributed by atoms with E-state index < -0.39 is 10.9 Å². The van der Waals surface area contributed by atoms with Gasteiger partial charge < -0.3 is 14.2 Å². The van der Waals surface area contributed by atoms with Gasteiger partial charge in [0.25, 0.3) is 5.69 Å². The first-order valence-corrected chi connectivity index (χ1v) is 9.14. The number of rotatable bonds is 5. The Balaban J connectivity index is 1.58. The predicted molar refractivity (Wildman–Crippen MR) is 110 cm³/mol. The van der Waals surface area contributed by atoms with Crippen molar-refractivity contribution < 1.29 is 28.7 Å². The molecule has 0 atom stereocenters. The molecule has 31 heavy (non-hydrogen) atoms. The lowest BCUT2D eigenvalue weighted by Gasteiger charge is -2.08. The lowest BCUT2D eigenvalue weighted by Crippen LogP contribution is -2.09. The molecule has 0 bridgehead atoms. The van der Waals surface area contributed by atoms with Gasteiger partial charge in [0.1, 0.15) is 17.2 Å². The van der Waals surface area contributed by atoms with Gasteiger partial charge in [-0.1, -0.05) is 18.2 Å². The highest BCUT2D eigenvalue weighted by molar-refractivity contribution is 6.14. The third-order valence-corrected chi connectivity index (χ3v) is 4.60. The number of allylic oxidation sites excluding steroid dienone is 1. The van der Waals surface area contributed by atoms with E-state index in [9.17, 15) is 19.7 Å². The van der Waals surface area contributed by atoms with Crippen molar-refractivity contribution in [2.45, 2.75) is 0 Å². The number of fused-ring (bicyclic) bond motifs is 1. The van der Waals surface area contributed by atoms with Crippen molar-refractivity contribution in [1.29, 1.82) is 0 Å². The molecule has 1 heterocycles. The summed E-state index contributed by atoms with van der Waals surface area (Å²) < 4.78 is 16.3. The minimum absolute atomic E-state index is 0.0853. The van der Waals surface area contributed by atoms with Gasteiger partial charge >= 0.3 is 5.97 Å². The average Bonchev–Trinajstić information content (AvgIpc) is 3.09. The molecule has 0 N–H and O–H groups in total. The summed E-state index contributed by atoms with van der Waals surface area (Å²) >= 11 is 0. The Kier molecular flexibility index (Phi) is 5.19. The second-order valence-electron chi connectivity index (χ2n) is 6.53. The minimum Gasteiger partial charge on any atom is -0.497 e. The molecular formula is C23H15NO7. The van der Waals surface area contributed by atoms with Crippen LogP contribution < -0.4 is 14.2 Å². The molecule has 0 spiro atoms. The number of benzene rings is 3. The Hall–Kier alpha value is -4.46. The van der Waals surface area contributed by atoms with Gasteiger partial charge in [-0.3, -0.25) is 14.9 Å². The first kappa shape index (κ1) is 19.8. The number of esters is 1. The molecule has 8 nitrogen and oxygen atoms in total. The van der Waals surface area contributed by atoms with Crippen LogP contribution in [0.3, 0.4) is 0 Å². The number of ether oxygens (including phenoxy) is 3. The van der Waals surface area contributed by atoms with Crippen molar-refractivity contribution >= 4 is 23.5 Å². The zero-order valence-electron chi connectivity index (χ0n) is 16.2. The molecule has 154 valence electrons. The predicted octanol–water partition coefficient (Wildman–Crippen LogP) is 4.44. The molecule has 0 aromatic heterocycles. The minimum atomic E-state index is -0.688. The summed E-state index contributed by atoms with van der Waals surface area (Å²) in [5.74, 6) is 0.258. The number of methoxy groups -OCH3 is 1. The highest BCUT2D eigenvalue weighted by Gasteiger charge is 2.28. The van der Waals surface area contributed by atoms with Crippen molar-refractivity contribution in [1.82, 2.24) is 0 Å². The highest BCUT2D eigenvalue weighted by atomic mass is 16.6. The van der Waals surface area contributed by atoms with Crippen LogP contribution >= 0.6 is 0 Å². The molecule has 0 unspecified atom stereocenters. The number of non-ortho nitro benzene ring substituents is 1. The van der Waals surface area contributed by atoms with Crippen LogP contribution in [-0.4, -0.2) is 23.8 Å². The zero-order valence-corrected chi connectivity index (χ0v) is 16.2. The summed E-state index contributed by atoms with van der Waals surface area (Å²) in [6.45, 7) is 0. The number of carbonyl (C=O) groups is 2. The maximum absolute atomic E-state index is 12.6. The third-order valence-electron chi connectivity index (χ3n) is 4.60. The highest BCUT2D eigenvalue weighted by Crippen LogP contribution is 2.35. The first-order chi connectivity index (χ1) is 15.0. The molecular weight excluding hydrogens is 402 g/mol. The molecule has 0 amide bonds. The largest absolute Gasteiger partial charge is 0.497 e. The molecule has 0 radical (unpaired) electrons. The number of hydrogen-bond acceptors (Lipinski definition) is 7. The number of Topliss-reactive ketones (excluding diaryl/α,β-unsaturated/α-hetero) is 1. The summed E-state index contributed by atoms with van der Waals surface area (Å²) in [6, 6.07) is 16.6. The van der Waals surface area contributed by atoms with E-state index in [0.29, 0.717) is 22.6 Å². The van der Waals surface area contributed by atoms with Gasteiger partial charge in [0, 0.05) is 23.8 Å². The molecule has 1 aliphatic heterocycles. The van der Waals surface area contributed by atoms with Gasteiger partial charge in [0.15, 0.2) is 5.76 Å². The smallest absolute Gasteiger partial charge is 0.343 e. The van der Waals surface area contributed by atoms with Gasteiger partial charge in [0.2, 0.25) is 5.78 Å². The van der Waals surface area contributed by atoms with Gasteiger partial charge in [-0.2, -0.15) is 0 Å². The maximum atomic E-state index is 12.6. The number of nitrogens with zero attached hydrogens (tertiary/aromatic N) is 1.